The van der Waals surface area contributed by atoms with Crippen LogP contribution in [0.15, 0.2) is 23.8 Å². The highest BCUT2D eigenvalue weighted by molar-refractivity contribution is 5.03. The molecule has 0 unspecified atom stereocenters. The van der Waals surface area contributed by atoms with Crippen LogP contribution >= 0.6 is 0 Å². The number of hydrogen-bond donors (Lipinski definition) is 0. The first-order valence-corrected chi connectivity index (χ1v) is 3.95. The minimum atomic E-state index is 0.685. The molecule has 0 atom stereocenters. The Labute approximate surface area is 64.6 Å². The van der Waals surface area contributed by atoms with Gasteiger partial charge in [-0.3, -0.25) is 0 Å². The SMILES string of the molecule is C/C=C(\C)C/C=C\C(C)C. The van der Waals surface area contributed by atoms with E-state index in [1.165, 1.54) is 5.57 Å². The van der Waals surface area contributed by atoms with Gasteiger partial charge in [0.15, 0.2) is 0 Å². The molecule has 0 aromatic rings. The molecule has 0 aliphatic heterocycles. The Kier molecular flexibility index (Phi) is 5.00. The maximum Gasteiger partial charge on any atom is -0.0142 e. The molecule has 0 rings (SSSR count). The summed E-state index contributed by atoms with van der Waals surface area (Å²) in [6.45, 7) is 8.63. The summed E-state index contributed by atoms with van der Waals surface area (Å²) in [4.78, 5) is 0. The van der Waals surface area contributed by atoms with Gasteiger partial charge >= 0.3 is 0 Å². The van der Waals surface area contributed by atoms with Crippen molar-refractivity contribution in [3.05, 3.63) is 23.8 Å². The van der Waals surface area contributed by atoms with Crippen molar-refractivity contribution in [2.45, 2.75) is 34.1 Å². The molecule has 0 heteroatoms. The van der Waals surface area contributed by atoms with Gasteiger partial charge in [-0.1, -0.05) is 37.6 Å². The van der Waals surface area contributed by atoms with Crippen molar-refractivity contribution in [2.24, 2.45) is 5.92 Å². The average Bonchev–Trinajstić information content (AvgIpc) is 1.87. The van der Waals surface area contributed by atoms with Crippen molar-refractivity contribution >= 4 is 0 Å². The molecule has 10 heavy (non-hydrogen) atoms. The fourth-order valence-corrected chi connectivity index (χ4v) is 0.644. The predicted molar refractivity (Wildman–Crippen MR) is 48.0 cm³/mol. The van der Waals surface area contributed by atoms with Crippen LogP contribution in [-0.2, 0) is 0 Å². The van der Waals surface area contributed by atoms with Crippen molar-refractivity contribution in [3.63, 3.8) is 0 Å². The van der Waals surface area contributed by atoms with E-state index in [-0.39, 0.29) is 0 Å². The highest BCUT2D eigenvalue weighted by Gasteiger charge is 1.84. The minimum Gasteiger partial charge on any atom is -0.0884 e. The predicted octanol–water partition coefficient (Wildman–Crippen LogP) is 3.55. The topological polar surface area (TPSA) is 0 Å². The molecule has 0 aliphatic carbocycles. The Morgan fingerprint density at radius 3 is 2.40 bits per heavy atom. The lowest BCUT2D eigenvalue weighted by molar-refractivity contribution is 0.827. The van der Waals surface area contributed by atoms with Crippen molar-refractivity contribution in [3.8, 4) is 0 Å². The van der Waals surface area contributed by atoms with Crippen LogP contribution in [0.4, 0.5) is 0 Å². The van der Waals surface area contributed by atoms with E-state index in [4.69, 9.17) is 0 Å². The van der Waals surface area contributed by atoms with Crippen LogP contribution in [0.1, 0.15) is 34.1 Å². The smallest absolute Gasteiger partial charge is 0.0142 e. The first kappa shape index (κ1) is 9.48. The van der Waals surface area contributed by atoms with Gasteiger partial charge in [-0.15, -0.1) is 0 Å². The first-order chi connectivity index (χ1) is 4.66. The molecule has 0 spiro atoms. The third-order valence-electron chi connectivity index (χ3n) is 1.45. The summed E-state index contributed by atoms with van der Waals surface area (Å²) in [5.41, 5.74) is 1.44. The van der Waals surface area contributed by atoms with Gasteiger partial charge in [0.2, 0.25) is 0 Å². The summed E-state index contributed by atoms with van der Waals surface area (Å²) in [5, 5.41) is 0. The van der Waals surface area contributed by atoms with Crippen molar-refractivity contribution in [2.75, 3.05) is 0 Å². The molecule has 0 aromatic heterocycles. The van der Waals surface area contributed by atoms with Gasteiger partial charge in [-0.2, -0.15) is 0 Å². The molecule has 0 heterocycles. The first-order valence-electron chi connectivity index (χ1n) is 3.95. The molecular weight excluding hydrogens is 120 g/mol. The summed E-state index contributed by atoms with van der Waals surface area (Å²) >= 11 is 0. The van der Waals surface area contributed by atoms with Crippen LogP contribution in [0.3, 0.4) is 0 Å². The Balaban J connectivity index is 3.54. The summed E-state index contributed by atoms with van der Waals surface area (Å²) < 4.78 is 0. The van der Waals surface area contributed by atoms with Crippen molar-refractivity contribution < 1.29 is 0 Å². The number of hydrogen-bond acceptors (Lipinski definition) is 0. The summed E-state index contributed by atoms with van der Waals surface area (Å²) in [5.74, 6) is 0.685. The highest BCUT2D eigenvalue weighted by Crippen LogP contribution is 2.02. The lowest BCUT2D eigenvalue weighted by Gasteiger charge is -1.94. The van der Waals surface area contributed by atoms with E-state index in [0.717, 1.165) is 6.42 Å². The van der Waals surface area contributed by atoms with Crippen LogP contribution in [-0.4, -0.2) is 0 Å². The summed E-state index contributed by atoms with van der Waals surface area (Å²) in [7, 11) is 0. The second-order valence-electron chi connectivity index (χ2n) is 3.01. The Hall–Kier alpha value is -0.520. The van der Waals surface area contributed by atoms with Crippen LogP contribution in [0.2, 0.25) is 0 Å². The largest absolute Gasteiger partial charge is 0.0884 e. The Morgan fingerprint density at radius 2 is 2.00 bits per heavy atom. The number of rotatable bonds is 3. The van der Waals surface area contributed by atoms with Crippen LogP contribution in [0, 0.1) is 5.92 Å². The lowest BCUT2D eigenvalue weighted by Crippen LogP contribution is -1.77. The molecule has 0 bridgehead atoms. The van der Waals surface area contributed by atoms with Gasteiger partial charge in [0.1, 0.15) is 0 Å². The van der Waals surface area contributed by atoms with Gasteiger partial charge < -0.3 is 0 Å². The molecule has 0 N–H and O–H groups in total. The van der Waals surface area contributed by atoms with Crippen LogP contribution in [0.5, 0.6) is 0 Å². The van der Waals surface area contributed by atoms with Gasteiger partial charge in [0.05, 0.1) is 0 Å². The maximum absolute atomic E-state index is 2.24. The van der Waals surface area contributed by atoms with E-state index >= 15 is 0 Å². The third-order valence-corrected chi connectivity index (χ3v) is 1.45. The lowest BCUT2D eigenvalue weighted by atomic mass is 10.1. The van der Waals surface area contributed by atoms with Crippen molar-refractivity contribution in [1.82, 2.24) is 0 Å². The normalized spacial score (nSPS) is 13.5. The molecule has 0 amide bonds. The van der Waals surface area contributed by atoms with Crippen LogP contribution in [0.25, 0.3) is 0 Å². The standard InChI is InChI=1S/C10H18/c1-5-10(4)8-6-7-9(2)3/h5-7,9H,8H2,1-4H3/b7-6-,10-5+. The molecule has 0 saturated carbocycles. The fourth-order valence-electron chi connectivity index (χ4n) is 0.644. The van der Waals surface area contributed by atoms with Gasteiger partial charge in [0, 0.05) is 0 Å². The monoisotopic (exact) mass is 138 g/mol. The quantitative estimate of drug-likeness (QED) is 0.523. The average molecular weight is 138 g/mol. The molecule has 0 aliphatic rings. The van der Waals surface area contributed by atoms with Crippen molar-refractivity contribution in [1.29, 1.82) is 0 Å². The van der Waals surface area contributed by atoms with E-state index in [2.05, 4.69) is 45.9 Å². The van der Waals surface area contributed by atoms with Gasteiger partial charge in [-0.25, -0.2) is 0 Å². The second-order valence-corrected chi connectivity index (χ2v) is 3.01. The van der Waals surface area contributed by atoms with E-state index in [1.54, 1.807) is 0 Å². The Bertz CT molecular complexity index is 127. The molecular formula is C10H18. The Morgan fingerprint density at radius 1 is 1.40 bits per heavy atom. The zero-order valence-electron chi connectivity index (χ0n) is 7.52. The summed E-state index contributed by atoms with van der Waals surface area (Å²) in [6, 6.07) is 0. The van der Waals surface area contributed by atoms with Gasteiger partial charge in [-0.05, 0) is 26.2 Å². The molecule has 0 nitrogen and oxygen atoms in total. The van der Waals surface area contributed by atoms with E-state index < -0.39 is 0 Å². The second kappa shape index (κ2) is 5.28. The zero-order chi connectivity index (χ0) is 7.98. The van der Waals surface area contributed by atoms with E-state index in [0.29, 0.717) is 5.92 Å². The summed E-state index contributed by atoms with van der Waals surface area (Å²) in [6.07, 6.45) is 7.74. The molecule has 0 aromatic carbocycles. The van der Waals surface area contributed by atoms with Crippen LogP contribution < -0.4 is 0 Å². The molecule has 58 valence electrons. The number of allylic oxidation sites excluding steroid dienone is 4. The fraction of sp³-hybridized carbons (Fsp3) is 0.600. The highest BCUT2D eigenvalue weighted by atomic mass is 13.9. The molecule has 0 radical (unpaired) electrons. The third kappa shape index (κ3) is 5.61. The zero-order valence-corrected chi connectivity index (χ0v) is 7.52. The maximum atomic E-state index is 2.24. The molecule has 0 fully saturated rings. The molecule has 0 saturated heterocycles. The van der Waals surface area contributed by atoms with Gasteiger partial charge in [0.25, 0.3) is 0 Å². The van der Waals surface area contributed by atoms with E-state index in [9.17, 15) is 0 Å². The minimum absolute atomic E-state index is 0.685. The van der Waals surface area contributed by atoms with E-state index in [1.807, 2.05) is 0 Å².